The molecule has 0 fully saturated rings. The lowest BCUT2D eigenvalue weighted by atomic mass is 10.2. The Morgan fingerprint density at radius 1 is 1.31 bits per heavy atom. The quantitative estimate of drug-likeness (QED) is 0.791. The van der Waals surface area contributed by atoms with Gasteiger partial charge in [0.05, 0.1) is 0 Å². The lowest BCUT2D eigenvalue weighted by Crippen LogP contribution is -2.01. The van der Waals surface area contributed by atoms with Crippen LogP contribution in [0.4, 0.5) is 4.39 Å². The van der Waals surface area contributed by atoms with Crippen molar-refractivity contribution in [1.29, 1.82) is 0 Å². The average molecular weight is 222 g/mol. The van der Waals surface area contributed by atoms with Crippen molar-refractivity contribution in [1.82, 2.24) is 0 Å². The van der Waals surface area contributed by atoms with Crippen LogP contribution in [0.2, 0.25) is 0 Å². The number of halogens is 2. The first kappa shape index (κ1) is 12.8. The highest BCUT2D eigenvalue weighted by molar-refractivity contribution is 7.98. The third kappa shape index (κ3) is 4.50. The van der Waals surface area contributed by atoms with Crippen LogP contribution < -0.4 is 5.73 Å². The van der Waals surface area contributed by atoms with E-state index in [2.05, 4.69) is 0 Å². The lowest BCUT2D eigenvalue weighted by molar-refractivity contribution is 0.617. The smallest absolute Gasteiger partial charge is 0.127 e. The van der Waals surface area contributed by atoms with Gasteiger partial charge in [-0.3, -0.25) is 0 Å². The van der Waals surface area contributed by atoms with Crippen molar-refractivity contribution in [3.05, 3.63) is 35.6 Å². The lowest BCUT2D eigenvalue weighted by Gasteiger charge is -2.00. The summed E-state index contributed by atoms with van der Waals surface area (Å²) in [5.74, 6) is 1.47. The summed E-state index contributed by atoms with van der Waals surface area (Å²) in [6, 6.07) is 6.84. The number of nitrogens with two attached hydrogens (primary N) is 1. The fourth-order valence-corrected chi connectivity index (χ4v) is 1.65. The van der Waals surface area contributed by atoms with Gasteiger partial charge in [0.15, 0.2) is 0 Å². The molecular weight excluding hydrogens is 209 g/mol. The Morgan fingerprint density at radius 2 is 2.00 bits per heavy atom. The molecule has 0 radical (unpaired) electrons. The zero-order valence-electron chi connectivity index (χ0n) is 7.20. The van der Waals surface area contributed by atoms with Crippen molar-refractivity contribution in [2.45, 2.75) is 5.75 Å². The summed E-state index contributed by atoms with van der Waals surface area (Å²) >= 11 is 1.66. The first-order valence-electron chi connectivity index (χ1n) is 3.86. The summed E-state index contributed by atoms with van der Waals surface area (Å²) < 4.78 is 13.0. The van der Waals surface area contributed by atoms with E-state index in [0.29, 0.717) is 12.3 Å². The topological polar surface area (TPSA) is 26.0 Å². The Morgan fingerprint density at radius 3 is 2.62 bits per heavy atom. The molecule has 74 valence electrons. The molecule has 0 atom stereocenters. The minimum Gasteiger partial charge on any atom is -0.330 e. The maximum atomic E-state index is 13.0. The van der Waals surface area contributed by atoms with Gasteiger partial charge in [-0.15, -0.1) is 12.4 Å². The van der Waals surface area contributed by atoms with Crippen molar-refractivity contribution < 1.29 is 4.39 Å². The first-order valence-corrected chi connectivity index (χ1v) is 5.01. The highest BCUT2D eigenvalue weighted by atomic mass is 35.5. The molecule has 0 heterocycles. The molecule has 1 aromatic carbocycles. The molecule has 0 aliphatic rings. The van der Waals surface area contributed by atoms with E-state index < -0.39 is 0 Å². The average Bonchev–Trinajstić information content (AvgIpc) is 2.09. The van der Waals surface area contributed by atoms with Crippen molar-refractivity contribution in [3.63, 3.8) is 0 Å². The maximum absolute atomic E-state index is 13.0. The summed E-state index contributed by atoms with van der Waals surface area (Å²) in [6.07, 6.45) is 0. The Kier molecular flexibility index (Phi) is 7.04. The molecule has 1 nitrogen and oxygen atoms in total. The molecule has 0 aliphatic carbocycles. The molecule has 0 amide bonds. The van der Waals surface area contributed by atoms with Gasteiger partial charge in [-0.05, 0) is 11.6 Å². The largest absolute Gasteiger partial charge is 0.330 e. The third-order valence-electron chi connectivity index (χ3n) is 1.48. The molecule has 0 spiro atoms. The van der Waals surface area contributed by atoms with Gasteiger partial charge in [-0.1, -0.05) is 18.2 Å². The molecule has 0 unspecified atom stereocenters. The van der Waals surface area contributed by atoms with Gasteiger partial charge >= 0.3 is 0 Å². The summed E-state index contributed by atoms with van der Waals surface area (Å²) in [7, 11) is 0. The Labute approximate surface area is 88.3 Å². The van der Waals surface area contributed by atoms with E-state index in [-0.39, 0.29) is 18.2 Å². The van der Waals surface area contributed by atoms with E-state index in [4.69, 9.17) is 5.73 Å². The predicted molar refractivity (Wildman–Crippen MR) is 58.9 cm³/mol. The van der Waals surface area contributed by atoms with Gasteiger partial charge in [0.1, 0.15) is 5.82 Å². The number of hydrogen-bond donors (Lipinski definition) is 1. The summed E-state index contributed by atoms with van der Waals surface area (Å²) in [5, 5.41) is 0. The molecule has 0 aliphatic heterocycles. The van der Waals surface area contributed by atoms with Gasteiger partial charge in [0.2, 0.25) is 0 Å². The minimum atomic E-state index is -0.123. The zero-order valence-corrected chi connectivity index (χ0v) is 8.84. The summed E-state index contributed by atoms with van der Waals surface area (Å²) in [5.41, 5.74) is 6.08. The number of thioether (sulfide) groups is 1. The van der Waals surface area contributed by atoms with Gasteiger partial charge in [0.25, 0.3) is 0 Å². The normalized spacial score (nSPS) is 9.38. The molecule has 1 aromatic rings. The second kappa shape index (κ2) is 7.18. The second-order valence-corrected chi connectivity index (χ2v) is 3.54. The van der Waals surface area contributed by atoms with Crippen LogP contribution in [-0.4, -0.2) is 12.3 Å². The van der Waals surface area contributed by atoms with Crippen LogP contribution in [0.15, 0.2) is 24.3 Å². The highest BCUT2D eigenvalue weighted by Crippen LogP contribution is 2.14. The summed E-state index contributed by atoms with van der Waals surface area (Å²) in [6.45, 7) is 0.652. The van der Waals surface area contributed by atoms with Crippen molar-refractivity contribution in [2.24, 2.45) is 5.73 Å². The van der Waals surface area contributed by atoms with E-state index in [1.807, 2.05) is 6.07 Å². The molecule has 13 heavy (non-hydrogen) atoms. The van der Waals surface area contributed by atoms with Crippen LogP contribution >= 0.6 is 24.2 Å². The zero-order chi connectivity index (χ0) is 8.81. The van der Waals surface area contributed by atoms with E-state index >= 15 is 0 Å². The molecule has 4 heteroatoms. The fraction of sp³-hybridized carbons (Fsp3) is 0.333. The van der Waals surface area contributed by atoms with Gasteiger partial charge in [-0.2, -0.15) is 11.8 Å². The van der Waals surface area contributed by atoms with Gasteiger partial charge in [0, 0.05) is 18.1 Å². The maximum Gasteiger partial charge on any atom is 0.127 e. The first-order chi connectivity index (χ1) is 5.84. The standard InChI is InChI=1S/C9H12FNS.ClH/c10-9-4-2-1-3-8(9)7-12-6-5-11;/h1-4H,5-7,11H2;1H. The van der Waals surface area contributed by atoms with E-state index in [1.54, 1.807) is 23.9 Å². The SMILES string of the molecule is Cl.NCCSCc1ccccc1F. The number of benzene rings is 1. The van der Waals surface area contributed by atoms with Crippen LogP contribution in [0.25, 0.3) is 0 Å². The Bertz CT molecular complexity index is 245. The molecule has 2 N–H and O–H groups in total. The number of hydrogen-bond acceptors (Lipinski definition) is 2. The summed E-state index contributed by atoms with van der Waals surface area (Å²) in [4.78, 5) is 0. The molecule has 0 bridgehead atoms. The molecule has 1 rings (SSSR count). The molecular formula is C9H13ClFNS. The Balaban J connectivity index is 0.00000144. The highest BCUT2D eigenvalue weighted by Gasteiger charge is 1.98. The van der Waals surface area contributed by atoms with E-state index in [0.717, 1.165) is 11.3 Å². The van der Waals surface area contributed by atoms with Gasteiger partial charge in [-0.25, -0.2) is 4.39 Å². The monoisotopic (exact) mass is 221 g/mol. The van der Waals surface area contributed by atoms with E-state index in [9.17, 15) is 4.39 Å². The third-order valence-corrected chi connectivity index (χ3v) is 2.52. The number of rotatable bonds is 4. The molecule has 0 saturated heterocycles. The fourth-order valence-electron chi connectivity index (χ4n) is 0.881. The van der Waals surface area contributed by atoms with Crippen LogP contribution in [-0.2, 0) is 5.75 Å². The van der Waals surface area contributed by atoms with Crippen molar-refractivity contribution >= 4 is 24.2 Å². The van der Waals surface area contributed by atoms with Crippen LogP contribution in [0, 0.1) is 5.82 Å². The van der Waals surface area contributed by atoms with Crippen LogP contribution in [0.3, 0.4) is 0 Å². The minimum absolute atomic E-state index is 0. The molecule has 0 saturated carbocycles. The Hall–Kier alpha value is -0.250. The van der Waals surface area contributed by atoms with Crippen molar-refractivity contribution in [3.8, 4) is 0 Å². The molecule has 0 aromatic heterocycles. The second-order valence-electron chi connectivity index (χ2n) is 2.43. The predicted octanol–water partition coefficient (Wildman–Crippen LogP) is 2.44. The van der Waals surface area contributed by atoms with Crippen molar-refractivity contribution in [2.75, 3.05) is 12.3 Å². The van der Waals surface area contributed by atoms with Crippen LogP contribution in [0.5, 0.6) is 0 Å². The van der Waals surface area contributed by atoms with Gasteiger partial charge < -0.3 is 5.73 Å². The van der Waals surface area contributed by atoms with E-state index in [1.165, 1.54) is 6.07 Å². The van der Waals surface area contributed by atoms with Crippen LogP contribution in [0.1, 0.15) is 5.56 Å².